The van der Waals surface area contributed by atoms with Crippen molar-refractivity contribution in [3.05, 3.63) is 46.8 Å². The summed E-state index contributed by atoms with van der Waals surface area (Å²) < 4.78 is 5.73. The van der Waals surface area contributed by atoms with Crippen molar-refractivity contribution in [2.75, 3.05) is 13.2 Å². The van der Waals surface area contributed by atoms with Gasteiger partial charge in [-0.3, -0.25) is 10.1 Å². The highest BCUT2D eigenvalue weighted by molar-refractivity contribution is 7.21. The van der Waals surface area contributed by atoms with E-state index in [9.17, 15) is 14.4 Å². The summed E-state index contributed by atoms with van der Waals surface area (Å²) in [5.74, 6) is -1.45. The van der Waals surface area contributed by atoms with Gasteiger partial charge in [0, 0.05) is 16.6 Å². The minimum Gasteiger partial charge on any atom is -0.451 e. The molecule has 0 aliphatic carbocycles. The Labute approximate surface area is 141 Å². The Morgan fingerprint density at radius 3 is 2.74 bits per heavy atom. The molecule has 23 heavy (non-hydrogen) atoms. The molecule has 0 aliphatic rings. The summed E-state index contributed by atoms with van der Waals surface area (Å²) in [5, 5.41) is 5.42. The van der Waals surface area contributed by atoms with Crippen LogP contribution in [0.2, 0.25) is 5.02 Å². The molecule has 6 nitrogen and oxygen atoms in total. The van der Waals surface area contributed by atoms with Crippen LogP contribution >= 0.6 is 22.9 Å². The van der Waals surface area contributed by atoms with Crippen LogP contribution in [0.5, 0.6) is 0 Å². The van der Waals surface area contributed by atoms with Gasteiger partial charge in [-0.05, 0) is 6.07 Å². The molecule has 3 amide bonds. The maximum Gasteiger partial charge on any atom is 0.350 e. The molecule has 2 rings (SSSR count). The monoisotopic (exact) mass is 352 g/mol. The van der Waals surface area contributed by atoms with Crippen LogP contribution in [0, 0.1) is 0 Å². The molecule has 0 aliphatic heterocycles. The van der Waals surface area contributed by atoms with Gasteiger partial charge in [-0.2, -0.15) is 0 Å². The standard InChI is InChI=1S/C15H13ClN2O4S/c1-2-7-17-15(21)18-11(19)8-22-14(20)13-12(16)9-5-3-4-6-10(9)23-13/h2-6H,1,7-8H2,(H2,17,18,19,21). The van der Waals surface area contributed by atoms with Crippen molar-refractivity contribution >= 4 is 50.9 Å². The Balaban J connectivity index is 1.93. The fourth-order valence-electron chi connectivity index (χ4n) is 1.71. The van der Waals surface area contributed by atoms with Crippen molar-refractivity contribution in [2.45, 2.75) is 0 Å². The van der Waals surface area contributed by atoms with Crippen LogP contribution in [0.15, 0.2) is 36.9 Å². The summed E-state index contributed by atoms with van der Waals surface area (Å²) in [7, 11) is 0. The lowest BCUT2D eigenvalue weighted by Crippen LogP contribution is -2.41. The van der Waals surface area contributed by atoms with E-state index in [4.69, 9.17) is 16.3 Å². The number of halogens is 1. The van der Waals surface area contributed by atoms with E-state index in [1.807, 2.05) is 23.5 Å². The van der Waals surface area contributed by atoms with Crippen LogP contribution in [0.3, 0.4) is 0 Å². The van der Waals surface area contributed by atoms with Crippen LogP contribution in [0.4, 0.5) is 4.79 Å². The fraction of sp³-hybridized carbons (Fsp3) is 0.133. The SMILES string of the molecule is C=CCNC(=O)NC(=O)COC(=O)c1sc2ccccc2c1Cl. The van der Waals surface area contributed by atoms with Crippen LogP contribution < -0.4 is 10.6 Å². The minimum atomic E-state index is -0.739. The van der Waals surface area contributed by atoms with E-state index < -0.39 is 24.5 Å². The number of urea groups is 1. The molecule has 2 N–H and O–H groups in total. The number of rotatable bonds is 5. The molecule has 1 aromatic heterocycles. The first-order chi connectivity index (χ1) is 11.0. The van der Waals surface area contributed by atoms with Crippen molar-refractivity contribution in [2.24, 2.45) is 0 Å². The molecule has 8 heteroatoms. The van der Waals surface area contributed by atoms with E-state index in [0.29, 0.717) is 5.02 Å². The van der Waals surface area contributed by atoms with Gasteiger partial charge in [0.25, 0.3) is 5.91 Å². The lowest BCUT2D eigenvalue weighted by atomic mass is 10.2. The number of benzene rings is 1. The molecule has 2 aromatic rings. The summed E-state index contributed by atoms with van der Waals surface area (Å²) >= 11 is 7.32. The molecule has 0 radical (unpaired) electrons. The first-order valence-electron chi connectivity index (χ1n) is 6.55. The molecule has 0 saturated carbocycles. The molecular formula is C15H13ClN2O4S. The van der Waals surface area contributed by atoms with Crippen molar-refractivity contribution in [3.63, 3.8) is 0 Å². The average Bonchev–Trinajstić information content (AvgIpc) is 2.88. The van der Waals surface area contributed by atoms with E-state index in [1.54, 1.807) is 6.07 Å². The van der Waals surface area contributed by atoms with E-state index in [1.165, 1.54) is 17.4 Å². The summed E-state index contributed by atoms with van der Waals surface area (Å²) in [6, 6.07) is 6.58. The molecule has 0 unspecified atom stereocenters. The van der Waals surface area contributed by atoms with Crippen LogP contribution in [-0.4, -0.2) is 31.1 Å². The number of ether oxygens (including phenoxy) is 1. The highest BCUT2D eigenvalue weighted by atomic mass is 35.5. The summed E-state index contributed by atoms with van der Waals surface area (Å²) in [5.41, 5.74) is 0. The van der Waals surface area contributed by atoms with Gasteiger partial charge in [-0.1, -0.05) is 35.9 Å². The maximum absolute atomic E-state index is 12.0. The lowest BCUT2D eigenvalue weighted by Gasteiger charge is -2.05. The van der Waals surface area contributed by atoms with E-state index in [-0.39, 0.29) is 11.4 Å². The molecule has 0 fully saturated rings. The van der Waals surface area contributed by atoms with Crippen molar-refractivity contribution in [1.29, 1.82) is 0 Å². The topological polar surface area (TPSA) is 84.5 Å². The van der Waals surface area contributed by atoms with Crippen LogP contribution in [0.1, 0.15) is 9.67 Å². The minimum absolute atomic E-state index is 0.219. The summed E-state index contributed by atoms with van der Waals surface area (Å²) in [6.07, 6.45) is 1.47. The molecule has 0 spiro atoms. The van der Waals surface area contributed by atoms with E-state index in [2.05, 4.69) is 11.9 Å². The quantitative estimate of drug-likeness (QED) is 0.640. The highest BCUT2D eigenvalue weighted by Crippen LogP contribution is 2.35. The molecule has 0 saturated heterocycles. The summed E-state index contributed by atoms with van der Waals surface area (Å²) in [4.78, 5) is 35.0. The number of carbonyl (C=O) groups excluding carboxylic acids is 3. The maximum atomic E-state index is 12.0. The molecular weight excluding hydrogens is 340 g/mol. The molecule has 0 bridgehead atoms. The largest absolute Gasteiger partial charge is 0.451 e. The number of hydrogen-bond donors (Lipinski definition) is 2. The Kier molecular flexibility index (Phi) is 5.72. The zero-order chi connectivity index (χ0) is 16.8. The van der Waals surface area contributed by atoms with Gasteiger partial charge >= 0.3 is 12.0 Å². The van der Waals surface area contributed by atoms with Gasteiger partial charge < -0.3 is 10.1 Å². The van der Waals surface area contributed by atoms with Gasteiger partial charge in [-0.15, -0.1) is 17.9 Å². The van der Waals surface area contributed by atoms with Gasteiger partial charge in [-0.25, -0.2) is 9.59 Å². The normalized spacial score (nSPS) is 10.1. The van der Waals surface area contributed by atoms with Crippen molar-refractivity contribution in [3.8, 4) is 0 Å². The van der Waals surface area contributed by atoms with Crippen LogP contribution in [0.25, 0.3) is 10.1 Å². The van der Waals surface area contributed by atoms with Crippen LogP contribution in [-0.2, 0) is 9.53 Å². The first-order valence-corrected chi connectivity index (χ1v) is 7.75. The molecule has 1 heterocycles. The molecule has 1 aromatic carbocycles. The third kappa shape index (κ3) is 4.30. The number of imide groups is 1. The number of amides is 3. The van der Waals surface area contributed by atoms with Gasteiger partial charge in [0.2, 0.25) is 0 Å². The number of hydrogen-bond acceptors (Lipinski definition) is 5. The van der Waals surface area contributed by atoms with Gasteiger partial charge in [0.15, 0.2) is 6.61 Å². The second-order valence-electron chi connectivity index (χ2n) is 4.36. The Morgan fingerprint density at radius 1 is 1.30 bits per heavy atom. The summed E-state index contributed by atoms with van der Waals surface area (Å²) in [6.45, 7) is 3.06. The van der Waals surface area contributed by atoms with Gasteiger partial charge in [0.05, 0.1) is 5.02 Å². The lowest BCUT2D eigenvalue weighted by molar-refractivity contribution is -0.123. The number of fused-ring (bicyclic) bond motifs is 1. The van der Waals surface area contributed by atoms with Gasteiger partial charge in [0.1, 0.15) is 4.88 Å². The highest BCUT2D eigenvalue weighted by Gasteiger charge is 2.19. The van der Waals surface area contributed by atoms with Crippen molar-refractivity contribution < 1.29 is 19.1 Å². The third-order valence-corrected chi connectivity index (χ3v) is 4.37. The predicted molar refractivity (Wildman–Crippen MR) is 88.9 cm³/mol. The number of thiophene rings is 1. The third-order valence-electron chi connectivity index (χ3n) is 2.71. The smallest absolute Gasteiger partial charge is 0.350 e. The molecule has 0 atom stereocenters. The second kappa shape index (κ2) is 7.75. The zero-order valence-electron chi connectivity index (χ0n) is 11.9. The fourth-order valence-corrected chi connectivity index (χ4v) is 3.12. The van der Waals surface area contributed by atoms with Crippen molar-refractivity contribution in [1.82, 2.24) is 10.6 Å². The second-order valence-corrected chi connectivity index (χ2v) is 5.79. The number of nitrogens with one attached hydrogen (secondary N) is 2. The average molecular weight is 353 g/mol. The van der Waals surface area contributed by atoms with E-state index >= 15 is 0 Å². The predicted octanol–water partition coefficient (Wildman–Crippen LogP) is 2.72. The van der Waals surface area contributed by atoms with E-state index in [0.717, 1.165) is 10.1 Å². The Bertz CT molecular complexity index is 772. The number of carbonyl (C=O) groups is 3. The Morgan fingerprint density at radius 2 is 2.04 bits per heavy atom. The zero-order valence-corrected chi connectivity index (χ0v) is 13.5. The Hall–Kier alpha value is -2.38. The molecule has 120 valence electrons. The first kappa shape index (κ1) is 17.0. The number of esters is 1.